The molecule has 7 heteroatoms. The minimum absolute atomic E-state index is 0.0439. The topological polar surface area (TPSA) is 87.2 Å². The first kappa shape index (κ1) is 24.3. The summed E-state index contributed by atoms with van der Waals surface area (Å²) in [5, 5.41) is 9.64. The van der Waals surface area contributed by atoms with Crippen LogP contribution in [0.4, 0.5) is 10.5 Å². The van der Waals surface area contributed by atoms with E-state index in [0.29, 0.717) is 0 Å². The van der Waals surface area contributed by atoms with Gasteiger partial charge in [0.1, 0.15) is 6.61 Å². The van der Waals surface area contributed by atoms with E-state index < -0.39 is 11.4 Å². The summed E-state index contributed by atoms with van der Waals surface area (Å²) in [5.41, 5.74) is 1.54. The van der Waals surface area contributed by atoms with Crippen molar-refractivity contribution in [3.63, 3.8) is 0 Å². The van der Waals surface area contributed by atoms with Crippen LogP contribution in [0.1, 0.15) is 69.5 Å². The highest BCUT2D eigenvalue weighted by molar-refractivity contribution is 5.91. The second-order valence-corrected chi connectivity index (χ2v) is 11.0. The second-order valence-electron chi connectivity index (χ2n) is 11.0. The summed E-state index contributed by atoms with van der Waals surface area (Å²) >= 11 is 0. The molecule has 36 heavy (non-hydrogen) atoms. The maximum atomic E-state index is 13.7. The standard InChI is InChI=1S/C29H34N2O5/c1-29(2,27(33)34)17-25(32)30(20-15-16-20)26-21-11-6-7-13-23(21)31(24-14-8-12-22(24)26)28(35)36-18-19-9-4-3-5-10-19/h3-7,9-11,13,20,22,24,26H,8,12,14-18H2,1-2H3,(H,33,34)/t22-,24+,26+/m1/s1. The number of hydrogen-bond acceptors (Lipinski definition) is 4. The highest BCUT2D eigenvalue weighted by Crippen LogP contribution is 2.53. The summed E-state index contributed by atoms with van der Waals surface area (Å²) in [7, 11) is 0. The van der Waals surface area contributed by atoms with Crippen molar-refractivity contribution in [3.05, 3.63) is 65.7 Å². The Balaban J connectivity index is 1.47. The van der Waals surface area contributed by atoms with Crippen LogP contribution in [0.15, 0.2) is 54.6 Å². The summed E-state index contributed by atoms with van der Waals surface area (Å²) in [6.07, 6.45) is 4.18. The number of fused-ring (bicyclic) bond motifs is 2. The van der Waals surface area contributed by atoms with E-state index in [1.807, 2.05) is 64.4 Å². The predicted octanol–water partition coefficient (Wildman–Crippen LogP) is 5.55. The molecule has 2 amide bonds. The molecule has 0 bridgehead atoms. The molecular formula is C29H34N2O5. The fourth-order valence-electron chi connectivity index (χ4n) is 5.89. The monoisotopic (exact) mass is 490 g/mol. The normalized spacial score (nSPS) is 22.9. The molecule has 190 valence electrons. The van der Waals surface area contributed by atoms with Crippen LogP contribution >= 0.6 is 0 Å². The number of carbonyl (C=O) groups excluding carboxylic acids is 2. The van der Waals surface area contributed by atoms with Crippen LogP contribution in [-0.4, -0.2) is 40.1 Å². The largest absolute Gasteiger partial charge is 0.481 e. The highest BCUT2D eigenvalue weighted by Gasteiger charge is 2.52. The van der Waals surface area contributed by atoms with E-state index in [1.165, 1.54) is 0 Å². The van der Waals surface area contributed by atoms with Crippen molar-refractivity contribution in [2.75, 3.05) is 4.90 Å². The molecule has 0 saturated heterocycles. The van der Waals surface area contributed by atoms with Crippen LogP contribution < -0.4 is 4.90 Å². The fourth-order valence-corrected chi connectivity index (χ4v) is 5.89. The molecule has 7 nitrogen and oxygen atoms in total. The zero-order valence-electron chi connectivity index (χ0n) is 20.9. The highest BCUT2D eigenvalue weighted by atomic mass is 16.6. The maximum absolute atomic E-state index is 13.7. The molecule has 2 aromatic rings. The number of benzene rings is 2. The molecule has 1 aliphatic heterocycles. The van der Waals surface area contributed by atoms with Gasteiger partial charge in [-0.25, -0.2) is 4.79 Å². The number of carbonyl (C=O) groups is 3. The molecule has 2 fully saturated rings. The van der Waals surface area contributed by atoms with Crippen LogP contribution in [0.5, 0.6) is 0 Å². The van der Waals surface area contributed by atoms with Gasteiger partial charge < -0.3 is 14.7 Å². The van der Waals surface area contributed by atoms with Gasteiger partial charge >= 0.3 is 12.1 Å². The average Bonchev–Trinajstić information content (AvgIpc) is 3.58. The number of ether oxygens (including phenoxy) is 1. The Kier molecular flexibility index (Phi) is 6.49. The van der Waals surface area contributed by atoms with Crippen molar-refractivity contribution in [3.8, 4) is 0 Å². The molecule has 0 unspecified atom stereocenters. The Labute approximate surface area is 212 Å². The van der Waals surface area contributed by atoms with Crippen molar-refractivity contribution >= 4 is 23.7 Å². The number of rotatable bonds is 7. The summed E-state index contributed by atoms with van der Waals surface area (Å²) in [5.74, 6) is -1.00. The van der Waals surface area contributed by atoms with E-state index in [9.17, 15) is 19.5 Å². The van der Waals surface area contributed by atoms with Gasteiger partial charge in [0.05, 0.1) is 17.1 Å². The van der Waals surface area contributed by atoms with Crippen molar-refractivity contribution in [2.45, 2.75) is 77.1 Å². The third-order valence-corrected chi connectivity index (χ3v) is 7.89. The number of para-hydroxylation sites is 1. The second kappa shape index (κ2) is 9.60. The van der Waals surface area contributed by atoms with E-state index in [-0.39, 0.29) is 49.1 Å². The molecule has 0 aromatic heterocycles. The zero-order chi connectivity index (χ0) is 25.4. The van der Waals surface area contributed by atoms with E-state index in [0.717, 1.165) is 48.9 Å². The number of hydrogen-bond donors (Lipinski definition) is 1. The third-order valence-electron chi connectivity index (χ3n) is 7.89. The van der Waals surface area contributed by atoms with Crippen molar-refractivity contribution < 1.29 is 24.2 Å². The van der Waals surface area contributed by atoms with E-state index in [1.54, 1.807) is 13.8 Å². The first-order chi connectivity index (χ1) is 17.3. The molecule has 2 aromatic carbocycles. The van der Waals surface area contributed by atoms with Gasteiger partial charge in [0.25, 0.3) is 0 Å². The van der Waals surface area contributed by atoms with Crippen LogP contribution in [-0.2, 0) is 20.9 Å². The first-order valence-corrected chi connectivity index (χ1v) is 12.9. The van der Waals surface area contributed by atoms with Crippen LogP contribution in [0.3, 0.4) is 0 Å². The number of nitrogens with zero attached hydrogens (tertiary/aromatic N) is 2. The maximum Gasteiger partial charge on any atom is 0.414 e. The molecule has 0 spiro atoms. The van der Waals surface area contributed by atoms with Crippen molar-refractivity contribution in [2.24, 2.45) is 11.3 Å². The van der Waals surface area contributed by atoms with Gasteiger partial charge in [-0.3, -0.25) is 14.5 Å². The molecule has 3 aliphatic rings. The Bertz CT molecular complexity index is 1140. The summed E-state index contributed by atoms with van der Waals surface area (Å²) in [6, 6.07) is 17.4. The number of carboxylic acid groups (broad SMARTS) is 1. The average molecular weight is 491 g/mol. The molecule has 1 heterocycles. The van der Waals surface area contributed by atoms with Gasteiger partial charge in [0.2, 0.25) is 5.91 Å². The lowest BCUT2D eigenvalue weighted by Gasteiger charge is -2.47. The molecular weight excluding hydrogens is 456 g/mol. The van der Waals surface area contributed by atoms with Gasteiger partial charge in [0, 0.05) is 24.4 Å². The lowest BCUT2D eigenvalue weighted by Crippen LogP contribution is -2.53. The van der Waals surface area contributed by atoms with E-state index in [4.69, 9.17) is 4.74 Å². The number of anilines is 1. The lowest BCUT2D eigenvalue weighted by molar-refractivity contribution is -0.152. The Morgan fingerprint density at radius 1 is 1.00 bits per heavy atom. The van der Waals surface area contributed by atoms with Crippen LogP contribution in [0.2, 0.25) is 0 Å². The minimum atomic E-state index is -1.14. The van der Waals surface area contributed by atoms with Gasteiger partial charge in [-0.1, -0.05) is 55.0 Å². The number of carboxylic acids is 1. The Morgan fingerprint density at radius 2 is 1.69 bits per heavy atom. The van der Waals surface area contributed by atoms with E-state index >= 15 is 0 Å². The molecule has 1 N–H and O–H groups in total. The predicted molar refractivity (Wildman–Crippen MR) is 135 cm³/mol. The quantitative estimate of drug-likeness (QED) is 0.550. The smallest absolute Gasteiger partial charge is 0.414 e. The van der Waals surface area contributed by atoms with Gasteiger partial charge in [0.15, 0.2) is 0 Å². The number of aliphatic carboxylic acids is 1. The summed E-state index contributed by atoms with van der Waals surface area (Å²) in [4.78, 5) is 42.7. The zero-order valence-corrected chi connectivity index (χ0v) is 20.9. The molecule has 2 aliphatic carbocycles. The SMILES string of the molecule is CC(C)(CC(=O)N(C1CC1)[C@H]1c2ccccc2N(C(=O)OCc2ccccc2)[C@H]2CCC[C@H]21)C(=O)O. The fraction of sp³-hybridized carbons (Fsp3) is 0.483. The van der Waals surface area contributed by atoms with Crippen molar-refractivity contribution in [1.29, 1.82) is 0 Å². The van der Waals surface area contributed by atoms with Crippen LogP contribution in [0, 0.1) is 11.3 Å². The van der Waals surface area contributed by atoms with Crippen LogP contribution in [0.25, 0.3) is 0 Å². The molecule has 0 radical (unpaired) electrons. The van der Waals surface area contributed by atoms with E-state index in [2.05, 4.69) is 0 Å². The summed E-state index contributed by atoms with van der Waals surface area (Å²) < 4.78 is 5.77. The lowest BCUT2D eigenvalue weighted by atomic mass is 9.81. The summed E-state index contributed by atoms with van der Waals surface area (Å²) in [6.45, 7) is 3.42. The third kappa shape index (κ3) is 4.59. The molecule has 2 saturated carbocycles. The minimum Gasteiger partial charge on any atom is -0.481 e. The first-order valence-electron chi connectivity index (χ1n) is 12.9. The van der Waals surface area contributed by atoms with Gasteiger partial charge in [-0.05, 0) is 56.7 Å². The Morgan fingerprint density at radius 3 is 2.39 bits per heavy atom. The molecule has 3 atom stereocenters. The van der Waals surface area contributed by atoms with Gasteiger partial charge in [-0.15, -0.1) is 0 Å². The van der Waals surface area contributed by atoms with Crippen molar-refractivity contribution in [1.82, 2.24) is 4.90 Å². The molecule has 5 rings (SSSR count). The van der Waals surface area contributed by atoms with Gasteiger partial charge in [-0.2, -0.15) is 0 Å². The Hall–Kier alpha value is -3.35. The number of amides is 2.